The lowest BCUT2D eigenvalue weighted by Gasteiger charge is -2.09. The molecule has 0 aromatic heterocycles. The maximum atomic E-state index is 13.3. The van der Waals surface area contributed by atoms with Crippen molar-refractivity contribution >= 4 is 24.7 Å². The zero-order valence-electron chi connectivity index (χ0n) is 16.0. The van der Waals surface area contributed by atoms with Crippen molar-refractivity contribution in [3.8, 4) is 0 Å². The Morgan fingerprint density at radius 3 is 1.82 bits per heavy atom. The summed E-state index contributed by atoms with van der Waals surface area (Å²) >= 11 is 0. The van der Waals surface area contributed by atoms with Crippen LogP contribution in [0.4, 0.5) is 0 Å². The highest BCUT2D eigenvalue weighted by Crippen LogP contribution is 2.29. The second-order valence-electron chi connectivity index (χ2n) is 7.04. The van der Waals surface area contributed by atoms with Crippen LogP contribution in [0.25, 0.3) is 0 Å². The third kappa shape index (κ3) is 4.32. The van der Waals surface area contributed by atoms with Gasteiger partial charge in [-0.2, -0.15) is 0 Å². The van der Waals surface area contributed by atoms with Crippen LogP contribution in [0, 0.1) is 5.92 Å². The molecule has 0 heterocycles. The van der Waals surface area contributed by atoms with E-state index in [9.17, 15) is 14.2 Å². The molecular formula is C24H22O3P+. The van der Waals surface area contributed by atoms with E-state index in [1.54, 1.807) is 66.7 Å². The molecular weight excluding hydrogens is 367 g/mol. The van der Waals surface area contributed by atoms with Gasteiger partial charge < -0.3 is 0 Å². The molecule has 4 heteroatoms. The molecule has 0 N–H and O–H groups in total. The molecule has 3 aromatic rings. The molecule has 0 aliphatic rings. The number of hydrogen-bond acceptors (Lipinski definition) is 3. The van der Waals surface area contributed by atoms with Gasteiger partial charge in [0.1, 0.15) is 0 Å². The molecule has 0 radical (unpaired) electrons. The smallest absolute Gasteiger partial charge is 0.289 e. The highest BCUT2D eigenvalue weighted by Gasteiger charge is 2.32. The van der Waals surface area contributed by atoms with Crippen molar-refractivity contribution in [1.29, 1.82) is 0 Å². The minimum Gasteiger partial charge on any atom is -0.289 e. The quantitative estimate of drug-likeness (QED) is 0.409. The van der Waals surface area contributed by atoms with Gasteiger partial charge in [0.05, 0.1) is 5.56 Å². The average molecular weight is 389 g/mol. The van der Waals surface area contributed by atoms with Crippen molar-refractivity contribution in [2.75, 3.05) is 6.16 Å². The van der Waals surface area contributed by atoms with E-state index in [-0.39, 0.29) is 23.0 Å². The van der Waals surface area contributed by atoms with Crippen molar-refractivity contribution in [1.82, 2.24) is 0 Å². The van der Waals surface area contributed by atoms with Gasteiger partial charge in [-0.3, -0.25) is 9.59 Å². The number of hydrogen-bond donors (Lipinski definition) is 0. The van der Waals surface area contributed by atoms with Gasteiger partial charge in [-0.05, 0) is 18.1 Å². The Bertz CT molecular complexity index is 1010. The summed E-state index contributed by atoms with van der Waals surface area (Å²) in [6, 6.07) is 22.7. The average Bonchev–Trinajstić information content (AvgIpc) is 2.73. The van der Waals surface area contributed by atoms with Gasteiger partial charge in [0, 0.05) is 16.7 Å². The highest BCUT2D eigenvalue weighted by atomic mass is 31.1. The van der Waals surface area contributed by atoms with Gasteiger partial charge in [-0.15, -0.1) is 0 Å². The van der Waals surface area contributed by atoms with Crippen molar-refractivity contribution < 1.29 is 14.2 Å². The first kappa shape index (κ1) is 19.9. The monoisotopic (exact) mass is 389 g/mol. The molecule has 0 bridgehead atoms. The Balaban J connectivity index is 2.18. The summed E-state index contributed by atoms with van der Waals surface area (Å²) in [6.45, 7) is 3.98. The van der Waals surface area contributed by atoms with Crippen LogP contribution in [0.1, 0.15) is 45.7 Å². The largest absolute Gasteiger partial charge is 0.377 e. The van der Waals surface area contributed by atoms with E-state index in [1.165, 1.54) is 0 Å². The summed E-state index contributed by atoms with van der Waals surface area (Å²) < 4.78 is 13.0. The fourth-order valence-electron chi connectivity index (χ4n) is 3.08. The van der Waals surface area contributed by atoms with Crippen LogP contribution in [0.3, 0.4) is 0 Å². The third-order valence-corrected chi connectivity index (χ3v) is 6.36. The fourth-order valence-corrected chi connectivity index (χ4v) is 4.67. The number of rotatable bonds is 7. The van der Waals surface area contributed by atoms with Crippen LogP contribution in [0.5, 0.6) is 0 Å². The molecule has 3 aromatic carbocycles. The maximum absolute atomic E-state index is 13.3. The first-order valence-electron chi connectivity index (χ1n) is 9.26. The van der Waals surface area contributed by atoms with Gasteiger partial charge in [-0.25, -0.2) is 0 Å². The third-order valence-electron chi connectivity index (χ3n) is 4.39. The summed E-state index contributed by atoms with van der Waals surface area (Å²) in [4.78, 5) is 26.5. The van der Waals surface area contributed by atoms with Crippen molar-refractivity contribution in [2.24, 2.45) is 5.92 Å². The summed E-state index contributed by atoms with van der Waals surface area (Å²) in [7, 11) is -1.79. The lowest BCUT2D eigenvalue weighted by atomic mass is 9.93. The Kier molecular flexibility index (Phi) is 6.28. The molecule has 1 unspecified atom stereocenters. The molecule has 0 saturated heterocycles. The zero-order valence-corrected chi connectivity index (χ0v) is 16.9. The summed E-state index contributed by atoms with van der Waals surface area (Å²) in [5, 5.41) is 0.458. The summed E-state index contributed by atoms with van der Waals surface area (Å²) in [5.74, 6) is -0.297. The number of carbonyl (C=O) groups excluding carboxylic acids is 2. The number of ketones is 2. The molecule has 1 atom stereocenters. The van der Waals surface area contributed by atoms with E-state index < -0.39 is 7.80 Å². The van der Waals surface area contributed by atoms with Crippen LogP contribution in [0.15, 0.2) is 78.9 Å². The van der Waals surface area contributed by atoms with Gasteiger partial charge in [0.15, 0.2) is 17.7 Å². The van der Waals surface area contributed by atoms with Crippen LogP contribution in [-0.4, -0.2) is 17.7 Å². The lowest BCUT2D eigenvalue weighted by Crippen LogP contribution is -2.21. The van der Waals surface area contributed by atoms with Crippen LogP contribution in [0.2, 0.25) is 0 Å². The van der Waals surface area contributed by atoms with E-state index in [2.05, 4.69) is 0 Å². The fraction of sp³-hybridized carbons (Fsp3) is 0.167. The molecule has 0 fully saturated rings. The first-order valence-corrected chi connectivity index (χ1v) is 10.7. The van der Waals surface area contributed by atoms with Gasteiger partial charge in [0.25, 0.3) is 0 Å². The maximum Gasteiger partial charge on any atom is 0.377 e. The predicted octanol–water partition coefficient (Wildman–Crippen LogP) is 5.26. The minimum atomic E-state index is -1.79. The predicted molar refractivity (Wildman–Crippen MR) is 113 cm³/mol. The van der Waals surface area contributed by atoms with Gasteiger partial charge in [0.2, 0.25) is 5.30 Å². The summed E-state index contributed by atoms with van der Waals surface area (Å²) in [5.41, 5.74) is 1.53. The molecule has 3 rings (SSSR count). The normalized spacial score (nSPS) is 11.3. The molecule has 3 nitrogen and oxygen atoms in total. The Morgan fingerprint density at radius 1 is 0.750 bits per heavy atom. The minimum absolute atomic E-state index is 0.219. The van der Waals surface area contributed by atoms with E-state index in [1.807, 2.05) is 26.0 Å². The topological polar surface area (TPSA) is 51.2 Å². The second kappa shape index (κ2) is 8.86. The molecule has 0 aliphatic heterocycles. The number of benzene rings is 3. The molecule has 0 amide bonds. The SMILES string of the molecule is CC(C)C[P+](=O)c1cccc(C(=O)c2ccccc2)c1C(=O)c1ccccc1. The molecule has 0 spiro atoms. The number of carbonyl (C=O) groups is 2. The van der Waals surface area contributed by atoms with Crippen molar-refractivity contribution in [2.45, 2.75) is 13.8 Å². The molecule has 140 valence electrons. The van der Waals surface area contributed by atoms with Crippen molar-refractivity contribution in [3.63, 3.8) is 0 Å². The van der Waals surface area contributed by atoms with Crippen LogP contribution >= 0.6 is 7.80 Å². The highest BCUT2D eigenvalue weighted by molar-refractivity contribution is 7.53. The van der Waals surface area contributed by atoms with E-state index in [0.717, 1.165) is 0 Å². The Hall–Kier alpha value is -2.90. The van der Waals surface area contributed by atoms with Gasteiger partial charge in [-0.1, -0.05) is 85.1 Å². The second-order valence-corrected chi connectivity index (χ2v) is 8.65. The van der Waals surface area contributed by atoms with Crippen LogP contribution in [-0.2, 0) is 4.57 Å². The van der Waals surface area contributed by atoms with Crippen LogP contribution < -0.4 is 5.30 Å². The summed E-state index contributed by atoms with van der Waals surface area (Å²) in [6.07, 6.45) is 0.466. The molecule has 0 aliphatic carbocycles. The Morgan fingerprint density at radius 2 is 1.29 bits per heavy atom. The van der Waals surface area contributed by atoms with Gasteiger partial charge >= 0.3 is 7.80 Å². The van der Waals surface area contributed by atoms with E-state index in [0.29, 0.717) is 28.2 Å². The molecule has 0 saturated carbocycles. The molecule has 28 heavy (non-hydrogen) atoms. The van der Waals surface area contributed by atoms with E-state index in [4.69, 9.17) is 0 Å². The Labute approximate surface area is 166 Å². The zero-order chi connectivity index (χ0) is 20.1. The standard InChI is InChI=1S/C24H22O3P/c1-17(2)16-28(27)21-15-9-14-20(23(25)18-10-5-3-6-11-18)22(21)24(26)19-12-7-4-8-13-19/h3-15,17H,16H2,1-2H3/q+1. The first-order chi connectivity index (χ1) is 13.5. The lowest BCUT2D eigenvalue weighted by molar-refractivity contribution is 0.100. The van der Waals surface area contributed by atoms with Crippen molar-refractivity contribution in [3.05, 3.63) is 101 Å². The van der Waals surface area contributed by atoms with E-state index >= 15 is 0 Å².